The number of fused-ring (bicyclic) bond motifs is 1. The minimum absolute atomic E-state index is 0.104. The lowest BCUT2D eigenvalue weighted by Gasteiger charge is -2.23. The van der Waals surface area contributed by atoms with Gasteiger partial charge in [0.2, 0.25) is 5.91 Å². The van der Waals surface area contributed by atoms with E-state index in [1.165, 1.54) is 6.08 Å². The number of hydrogen-bond acceptors (Lipinski definition) is 2. The minimum Gasteiger partial charge on any atom is -0.457 e. The summed E-state index contributed by atoms with van der Waals surface area (Å²) < 4.78 is 5.61. The molecule has 0 aliphatic carbocycles. The Morgan fingerprint density at radius 2 is 2.11 bits per heavy atom. The summed E-state index contributed by atoms with van der Waals surface area (Å²) in [7, 11) is 0. The van der Waals surface area contributed by atoms with Crippen LogP contribution in [0.25, 0.3) is 17.0 Å². The fourth-order valence-electron chi connectivity index (χ4n) is 1.71. The van der Waals surface area contributed by atoms with Gasteiger partial charge < -0.3 is 9.73 Å². The molecular weight excluding hydrogens is 238 g/mol. The van der Waals surface area contributed by atoms with E-state index >= 15 is 0 Å². The van der Waals surface area contributed by atoms with Gasteiger partial charge in [0.15, 0.2) is 0 Å². The van der Waals surface area contributed by atoms with E-state index < -0.39 is 0 Å². The van der Waals surface area contributed by atoms with Crippen molar-refractivity contribution in [3.05, 3.63) is 42.2 Å². The van der Waals surface area contributed by atoms with Crippen LogP contribution in [-0.4, -0.2) is 11.4 Å². The Morgan fingerprint density at radius 1 is 1.37 bits per heavy atom. The number of nitrogens with one attached hydrogen (secondary N) is 1. The Kier molecular flexibility index (Phi) is 3.74. The summed E-state index contributed by atoms with van der Waals surface area (Å²) in [5.74, 6) is 0.581. The molecule has 2 aromatic rings. The molecule has 1 heterocycles. The maximum atomic E-state index is 11.8. The molecule has 0 radical (unpaired) electrons. The predicted molar refractivity (Wildman–Crippen MR) is 77.8 cm³/mol. The van der Waals surface area contributed by atoms with Crippen LogP contribution in [0.5, 0.6) is 0 Å². The van der Waals surface area contributed by atoms with Crippen LogP contribution in [0, 0.1) is 0 Å². The van der Waals surface area contributed by atoms with Crippen LogP contribution >= 0.6 is 0 Å². The van der Waals surface area contributed by atoms with Gasteiger partial charge in [-0.15, -0.1) is 0 Å². The molecular formula is C16H19NO2. The van der Waals surface area contributed by atoms with E-state index in [0.717, 1.165) is 17.4 Å². The lowest BCUT2D eigenvalue weighted by Crippen LogP contribution is -2.41. The van der Waals surface area contributed by atoms with Crippen LogP contribution in [0.3, 0.4) is 0 Å². The zero-order valence-corrected chi connectivity index (χ0v) is 11.6. The number of benzene rings is 1. The highest BCUT2D eigenvalue weighted by molar-refractivity contribution is 5.92. The summed E-state index contributed by atoms with van der Waals surface area (Å²) in [5.41, 5.74) is 0.645. The Morgan fingerprint density at radius 3 is 2.79 bits per heavy atom. The second-order valence-corrected chi connectivity index (χ2v) is 5.25. The summed E-state index contributed by atoms with van der Waals surface area (Å²) in [5, 5.41) is 3.98. The van der Waals surface area contributed by atoms with Crippen molar-refractivity contribution < 1.29 is 9.21 Å². The first-order chi connectivity index (χ1) is 9.00. The van der Waals surface area contributed by atoms with E-state index in [9.17, 15) is 4.79 Å². The number of carbonyl (C=O) groups excluding carboxylic acids is 1. The highest BCUT2D eigenvalue weighted by atomic mass is 16.3. The van der Waals surface area contributed by atoms with E-state index in [1.54, 1.807) is 6.08 Å². The van der Waals surface area contributed by atoms with Gasteiger partial charge in [-0.1, -0.05) is 25.1 Å². The average Bonchev–Trinajstić information content (AvgIpc) is 2.78. The summed E-state index contributed by atoms with van der Waals surface area (Å²) in [6, 6.07) is 9.70. The fraction of sp³-hybridized carbons (Fsp3) is 0.312. The first-order valence-electron chi connectivity index (χ1n) is 6.49. The number of furan rings is 1. The first-order valence-corrected chi connectivity index (χ1v) is 6.49. The van der Waals surface area contributed by atoms with E-state index in [-0.39, 0.29) is 11.4 Å². The van der Waals surface area contributed by atoms with Crippen molar-refractivity contribution in [1.29, 1.82) is 0 Å². The molecule has 0 aliphatic rings. The summed E-state index contributed by atoms with van der Waals surface area (Å²) in [4.78, 5) is 11.8. The van der Waals surface area contributed by atoms with Crippen molar-refractivity contribution >= 4 is 23.0 Å². The van der Waals surface area contributed by atoms with Gasteiger partial charge >= 0.3 is 0 Å². The third-order valence-corrected chi connectivity index (χ3v) is 3.19. The maximum absolute atomic E-state index is 11.8. The monoisotopic (exact) mass is 257 g/mol. The Labute approximate surface area is 113 Å². The van der Waals surface area contributed by atoms with E-state index in [0.29, 0.717) is 5.76 Å². The molecule has 2 rings (SSSR count). The molecule has 0 atom stereocenters. The SMILES string of the molecule is CCC(C)(C)NC(=O)/C=C/c1cc2ccccc2o1. The molecule has 0 unspecified atom stereocenters. The largest absolute Gasteiger partial charge is 0.457 e. The molecule has 3 heteroatoms. The average molecular weight is 257 g/mol. The lowest BCUT2D eigenvalue weighted by atomic mass is 10.0. The normalized spacial score (nSPS) is 12.2. The molecule has 0 aliphatic heterocycles. The lowest BCUT2D eigenvalue weighted by molar-refractivity contribution is -0.118. The smallest absolute Gasteiger partial charge is 0.244 e. The molecule has 3 nitrogen and oxygen atoms in total. The summed E-state index contributed by atoms with van der Waals surface area (Å²) in [6.07, 6.45) is 4.09. The molecule has 19 heavy (non-hydrogen) atoms. The molecule has 1 N–H and O–H groups in total. The van der Waals surface area contributed by atoms with Crippen LogP contribution in [0.4, 0.5) is 0 Å². The van der Waals surface area contributed by atoms with Crippen LogP contribution in [0.15, 0.2) is 40.8 Å². The first kappa shape index (κ1) is 13.4. The van der Waals surface area contributed by atoms with Gasteiger partial charge in [-0.25, -0.2) is 0 Å². The molecule has 0 saturated heterocycles. The highest BCUT2D eigenvalue weighted by Crippen LogP contribution is 2.19. The van der Waals surface area contributed by atoms with Crippen LogP contribution in [0.1, 0.15) is 33.0 Å². The number of hydrogen-bond donors (Lipinski definition) is 1. The van der Waals surface area contributed by atoms with Crippen molar-refractivity contribution in [2.75, 3.05) is 0 Å². The van der Waals surface area contributed by atoms with Gasteiger partial charge in [0, 0.05) is 17.0 Å². The Bertz CT molecular complexity index is 575. The van der Waals surface area contributed by atoms with Crippen molar-refractivity contribution in [2.24, 2.45) is 0 Å². The second kappa shape index (κ2) is 5.31. The number of rotatable bonds is 4. The molecule has 1 amide bonds. The van der Waals surface area contributed by atoms with Gasteiger partial charge in [-0.05, 0) is 38.5 Å². The van der Waals surface area contributed by atoms with Crippen LogP contribution < -0.4 is 5.32 Å². The summed E-state index contributed by atoms with van der Waals surface area (Å²) in [6.45, 7) is 6.04. The van der Waals surface area contributed by atoms with Crippen LogP contribution in [0.2, 0.25) is 0 Å². The predicted octanol–water partition coefficient (Wildman–Crippen LogP) is 3.75. The van der Waals surface area contributed by atoms with Gasteiger partial charge in [-0.2, -0.15) is 0 Å². The van der Waals surface area contributed by atoms with Crippen molar-refractivity contribution in [3.63, 3.8) is 0 Å². The summed E-state index contributed by atoms with van der Waals surface area (Å²) >= 11 is 0. The van der Waals surface area contributed by atoms with Gasteiger partial charge in [-0.3, -0.25) is 4.79 Å². The molecule has 0 saturated carbocycles. The third kappa shape index (κ3) is 3.47. The third-order valence-electron chi connectivity index (χ3n) is 3.19. The topological polar surface area (TPSA) is 42.2 Å². The minimum atomic E-state index is -0.185. The quantitative estimate of drug-likeness (QED) is 0.847. The fourth-order valence-corrected chi connectivity index (χ4v) is 1.71. The molecule has 0 bridgehead atoms. The zero-order valence-electron chi connectivity index (χ0n) is 11.6. The van der Waals surface area contributed by atoms with E-state index in [1.807, 2.05) is 51.1 Å². The Hall–Kier alpha value is -2.03. The van der Waals surface area contributed by atoms with E-state index in [4.69, 9.17) is 4.42 Å². The molecule has 100 valence electrons. The van der Waals surface area contributed by atoms with Gasteiger partial charge in [0.05, 0.1) is 0 Å². The molecule has 1 aromatic heterocycles. The molecule has 0 fully saturated rings. The maximum Gasteiger partial charge on any atom is 0.244 e. The van der Waals surface area contributed by atoms with Crippen molar-refractivity contribution in [3.8, 4) is 0 Å². The number of para-hydroxylation sites is 1. The highest BCUT2D eigenvalue weighted by Gasteiger charge is 2.15. The van der Waals surface area contributed by atoms with Gasteiger partial charge in [0.1, 0.15) is 11.3 Å². The van der Waals surface area contributed by atoms with Crippen LogP contribution in [-0.2, 0) is 4.79 Å². The van der Waals surface area contributed by atoms with E-state index in [2.05, 4.69) is 5.32 Å². The number of amides is 1. The molecule has 1 aromatic carbocycles. The zero-order chi connectivity index (χ0) is 13.9. The van der Waals surface area contributed by atoms with Crippen molar-refractivity contribution in [1.82, 2.24) is 5.32 Å². The second-order valence-electron chi connectivity index (χ2n) is 5.25. The standard InChI is InChI=1S/C16H19NO2/c1-4-16(2,3)17-15(18)10-9-13-11-12-7-5-6-8-14(12)19-13/h5-11H,4H2,1-3H3,(H,17,18)/b10-9+. The molecule has 0 spiro atoms. The van der Waals surface area contributed by atoms with Gasteiger partial charge in [0.25, 0.3) is 0 Å². The number of carbonyl (C=O) groups is 1. The Balaban J connectivity index is 2.08. The van der Waals surface area contributed by atoms with Crippen molar-refractivity contribution in [2.45, 2.75) is 32.7 Å².